The number of pyridine rings is 1. The number of hydrogen-bond donors (Lipinski definition) is 0. The summed E-state index contributed by atoms with van der Waals surface area (Å²) in [7, 11) is -4.72. The van der Waals surface area contributed by atoms with Gasteiger partial charge in [0.15, 0.2) is 28.6 Å². The van der Waals surface area contributed by atoms with Crippen molar-refractivity contribution < 1.29 is 26.4 Å². The number of aldehydes is 1. The summed E-state index contributed by atoms with van der Waals surface area (Å²) < 4.78 is 70.5. The number of nitrogens with zero attached hydrogens (tertiary/aromatic N) is 2. The maximum atomic E-state index is 15.3. The molecule has 0 saturated heterocycles. The molecule has 9 heteroatoms. The number of carbonyl (C=O) groups excluding carboxylic acids is 1. The number of halogens is 3. The number of hydrogen-bond acceptors (Lipinski definition) is 4. The van der Waals surface area contributed by atoms with Crippen molar-refractivity contribution in [2.75, 3.05) is 0 Å². The van der Waals surface area contributed by atoms with E-state index in [9.17, 15) is 22.0 Å². The summed E-state index contributed by atoms with van der Waals surface area (Å²) >= 11 is 0. The zero-order valence-corrected chi connectivity index (χ0v) is 15.3. The quantitative estimate of drug-likeness (QED) is 0.371. The minimum atomic E-state index is -4.72. The Labute approximate surface area is 163 Å². The Balaban J connectivity index is 2.06. The van der Waals surface area contributed by atoms with Gasteiger partial charge in [-0.15, -0.1) is 0 Å². The Morgan fingerprint density at radius 2 is 1.55 bits per heavy atom. The van der Waals surface area contributed by atoms with Gasteiger partial charge in [-0.1, -0.05) is 36.4 Å². The van der Waals surface area contributed by atoms with Gasteiger partial charge in [0.05, 0.1) is 10.4 Å². The zero-order chi connectivity index (χ0) is 20.8. The highest BCUT2D eigenvalue weighted by Crippen LogP contribution is 2.32. The molecule has 29 heavy (non-hydrogen) atoms. The first kappa shape index (κ1) is 18.9. The van der Waals surface area contributed by atoms with Gasteiger partial charge < -0.3 is 0 Å². The number of sulfone groups is 1. The molecule has 2 aromatic heterocycles. The van der Waals surface area contributed by atoms with E-state index in [0.717, 1.165) is 16.7 Å². The van der Waals surface area contributed by atoms with Gasteiger partial charge in [0.2, 0.25) is 9.84 Å². The van der Waals surface area contributed by atoms with Crippen LogP contribution in [-0.4, -0.2) is 24.3 Å². The van der Waals surface area contributed by atoms with Crippen molar-refractivity contribution in [2.24, 2.45) is 0 Å². The average Bonchev–Trinajstić information content (AvgIpc) is 3.10. The molecule has 0 atom stereocenters. The van der Waals surface area contributed by atoms with Crippen LogP contribution < -0.4 is 0 Å². The zero-order valence-electron chi connectivity index (χ0n) is 14.5. The number of aromatic nitrogens is 2. The molecule has 5 nitrogen and oxygen atoms in total. The highest BCUT2D eigenvalue weighted by atomic mass is 32.2. The molecule has 0 aliphatic heterocycles. The van der Waals surface area contributed by atoms with Crippen LogP contribution in [0.25, 0.3) is 16.7 Å². The van der Waals surface area contributed by atoms with E-state index in [1.54, 1.807) is 18.2 Å². The number of rotatable bonds is 4. The van der Waals surface area contributed by atoms with Crippen LogP contribution >= 0.6 is 0 Å². The van der Waals surface area contributed by atoms with Crippen LogP contribution in [-0.2, 0) is 9.84 Å². The highest BCUT2D eigenvalue weighted by molar-refractivity contribution is 7.91. The SMILES string of the molecule is O=Cc1cn(-c2nc(F)c(F)c(S(=O)(=O)c3ccccc3)c2F)c2ccccc12. The Kier molecular flexibility index (Phi) is 4.46. The summed E-state index contributed by atoms with van der Waals surface area (Å²) in [6.45, 7) is 0. The number of benzene rings is 2. The Morgan fingerprint density at radius 1 is 0.897 bits per heavy atom. The molecule has 0 radical (unpaired) electrons. The van der Waals surface area contributed by atoms with Crippen LogP contribution in [0.2, 0.25) is 0 Å². The monoisotopic (exact) mass is 416 g/mol. The van der Waals surface area contributed by atoms with E-state index in [2.05, 4.69) is 4.98 Å². The van der Waals surface area contributed by atoms with Gasteiger partial charge in [-0.05, 0) is 18.2 Å². The second kappa shape index (κ2) is 6.85. The van der Waals surface area contributed by atoms with E-state index >= 15 is 4.39 Å². The smallest absolute Gasteiger partial charge is 0.252 e. The third kappa shape index (κ3) is 2.90. The van der Waals surface area contributed by atoms with Crippen LogP contribution in [0.1, 0.15) is 10.4 Å². The summed E-state index contributed by atoms with van der Waals surface area (Å²) in [6, 6.07) is 12.9. The van der Waals surface area contributed by atoms with Gasteiger partial charge in [-0.3, -0.25) is 9.36 Å². The average molecular weight is 416 g/mol. The van der Waals surface area contributed by atoms with Crippen molar-refractivity contribution in [3.05, 3.63) is 83.9 Å². The largest absolute Gasteiger partial charge is 0.298 e. The number of fused-ring (bicyclic) bond motifs is 1. The maximum absolute atomic E-state index is 15.3. The van der Waals surface area contributed by atoms with Gasteiger partial charge in [0, 0.05) is 17.1 Å². The van der Waals surface area contributed by atoms with Crippen LogP contribution in [0.3, 0.4) is 0 Å². The fourth-order valence-corrected chi connectivity index (χ4v) is 4.47. The van der Waals surface area contributed by atoms with Gasteiger partial charge in [0.25, 0.3) is 5.95 Å². The topological polar surface area (TPSA) is 69.0 Å². The van der Waals surface area contributed by atoms with Gasteiger partial charge >= 0.3 is 0 Å². The Morgan fingerprint density at radius 3 is 2.24 bits per heavy atom. The number of para-hydroxylation sites is 1. The van der Waals surface area contributed by atoms with E-state index in [0.29, 0.717) is 11.7 Å². The summed E-state index contributed by atoms with van der Waals surface area (Å²) in [5.74, 6) is -6.03. The van der Waals surface area contributed by atoms with Crippen molar-refractivity contribution in [3.63, 3.8) is 0 Å². The van der Waals surface area contributed by atoms with Gasteiger partial charge in [-0.25, -0.2) is 17.2 Å². The molecular formula is C20H11F3N2O3S. The molecule has 4 aromatic rings. The molecule has 4 rings (SSSR count). The molecule has 0 N–H and O–H groups in total. The summed E-state index contributed by atoms with van der Waals surface area (Å²) in [4.78, 5) is 12.7. The van der Waals surface area contributed by atoms with E-state index in [1.165, 1.54) is 30.5 Å². The molecule has 0 aliphatic carbocycles. The van der Waals surface area contributed by atoms with E-state index in [4.69, 9.17) is 0 Å². The second-order valence-corrected chi connectivity index (χ2v) is 7.98. The first-order chi connectivity index (χ1) is 13.9. The van der Waals surface area contributed by atoms with E-state index in [-0.39, 0.29) is 11.1 Å². The number of carbonyl (C=O) groups is 1. The lowest BCUT2D eigenvalue weighted by Gasteiger charge is -2.12. The van der Waals surface area contributed by atoms with E-state index < -0.39 is 43.0 Å². The van der Waals surface area contributed by atoms with Crippen LogP contribution in [0.15, 0.2) is 70.6 Å². The molecule has 2 aromatic carbocycles. The molecule has 0 aliphatic rings. The molecule has 2 heterocycles. The molecule has 0 spiro atoms. The van der Waals surface area contributed by atoms with Gasteiger partial charge in [-0.2, -0.15) is 9.37 Å². The van der Waals surface area contributed by atoms with Crippen molar-refractivity contribution >= 4 is 27.0 Å². The minimum absolute atomic E-state index is 0.152. The molecule has 146 valence electrons. The lowest BCUT2D eigenvalue weighted by atomic mass is 10.2. The molecular weight excluding hydrogens is 405 g/mol. The summed E-state index contributed by atoms with van der Waals surface area (Å²) in [5.41, 5.74) is 0.425. The first-order valence-corrected chi connectivity index (χ1v) is 9.75. The van der Waals surface area contributed by atoms with Crippen molar-refractivity contribution in [1.82, 2.24) is 9.55 Å². The Bertz CT molecular complexity index is 1370. The maximum Gasteiger partial charge on any atom is 0.252 e. The van der Waals surface area contributed by atoms with Crippen molar-refractivity contribution in [1.29, 1.82) is 0 Å². The molecule has 0 unspecified atom stereocenters. The van der Waals surface area contributed by atoms with Crippen molar-refractivity contribution in [2.45, 2.75) is 9.79 Å². The summed E-state index contributed by atoms with van der Waals surface area (Å²) in [6.07, 6.45) is 1.69. The van der Waals surface area contributed by atoms with Crippen LogP contribution in [0.5, 0.6) is 0 Å². The minimum Gasteiger partial charge on any atom is -0.298 e. The first-order valence-electron chi connectivity index (χ1n) is 8.26. The van der Waals surface area contributed by atoms with Crippen LogP contribution in [0, 0.1) is 17.6 Å². The summed E-state index contributed by atoms with van der Waals surface area (Å²) in [5, 5.41) is 0.417. The van der Waals surface area contributed by atoms with Crippen molar-refractivity contribution in [3.8, 4) is 5.82 Å². The normalized spacial score (nSPS) is 11.7. The third-order valence-electron chi connectivity index (χ3n) is 4.40. The fourth-order valence-electron chi connectivity index (χ4n) is 3.07. The molecule has 0 bridgehead atoms. The molecule has 0 saturated carbocycles. The standard InChI is InChI=1S/C20H11F3N2O3S/c21-16-18(29(27,28)13-6-2-1-3-7-13)17(22)20(24-19(16)23)25-10-12(11-26)14-8-4-5-9-15(14)25/h1-11H. The highest BCUT2D eigenvalue weighted by Gasteiger charge is 2.32. The van der Waals surface area contributed by atoms with Gasteiger partial charge in [0.1, 0.15) is 0 Å². The predicted molar refractivity (Wildman–Crippen MR) is 98.2 cm³/mol. The fraction of sp³-hybridized carbons (Fsp3) is 0. The molecule has 0 amide bonds. The van der Waals surface area contributed by atoms with E-state index in [1.807, 2.05) is 0 Å². The Hall–Kier alpha value is -3.46. The molecule has 0 fully saturated rings. The predicted octanol–water partition coefficient (Wildman–Crippen LogP) is 4.09. The second-order valence-electron chi connectivity index (χ2n) is 6.09. The third-order valence-corrected chi connectivity index (χ3v) is 6.19. The van der Waals surface area contributed by atoms with Crippen LogP contribution in [0.4, 0.5) is 13.2 Å². The lowest BCUT2D eigenvalue weighted by molar-refractivity contribution is 0.112. The lowest BCUT2D eigenvalue weighted by Crippen LogP contribution is -2.14.